The highest BCUT2D eigenvalue weighted by atomic mass is 35.5. The summed E-state index contributed by atoms with van der Waals surface area (Å²) in [5.41, 5.74) is 1.65. The second-order valence-corrected chi connectivity index (χ2v) is 6.15. The maximum absolute atomic E-state index is 11.9. The molecule has 0 saturated heterocycles. The topological polar surface area (TPSA) is 86.5 Å². The maximum atomic E-state index is 11.9. The number of carbonyl (C=O) groups is 1. The first kappa shape index (κ1) is 18.7. The molecule has 0 fully saturated rings. The van der Waals surface area contributed by atoms with E-state index in [-0.39, 0.29) is 19.1 Å². The van der Waals surface area contributed by atoms with Crippen LogP contribution in [-0.4, -0.2) is 29.8 Å². The maximum Gasteiger partial charge on any atom is 0.258 e. The van der Waals surface area contributed by atoms with Crippen molar-refractivity contribution in [3.8, 4) is 22.9 Å². The Bertz CT molecular complexity index is 925. The summed E-state index contributed by atoms with van der Waals surface area (Å²) < 4.78 is 15.8. The lowest BCUT2D eigenvalue weighted by Gasteiger charge is -2.09. The van der Waals surface area contributed by atoms with Crippen LogP contribution in [0.4, 0.5) is 0 Å². The Balaban J connectivity index is 1.51. The number of ether oxygens (including phenoxy) is 2. The van der Waals surface area contributed by atoms with Gasteiger partial charge in [-0.1, -0.05) is 16.8 Å². The third-order valence-corrected chi connectivity index (χ3v) is 3.98. The molecule has 0 unspecified atom stereocenters. The van der Waals surface area contributed by atoms with E-state index in [2.05, 4.69) is 15.5 Å². The van der Waals surface area contributed by atoms with Crippen molar-refractivity contribution in [2.45, 2.75) is 13.5 Å². The molecule has 0 aliphatic heterocycles. The lowest BCUT2D eigenvalue weighted by Crippen LogP contribution is -2.28. The van der Waals surface area contributed by atoms with Crippen molar-refractivity contribution < 1.29 is 18.8 Å². The zero-order valence-electron chi connectivity index (χ0n) is 14.9. The van der Waals surface area contributed by atoms with E-state index in [0.717, 1.165) is 16.9 Å². The van der Waals surface area contributed by atoms with Crippen molar-refractivity contribution in [3.63, 3.8) is 0 Å². The molecule has 1 heterocycles. The number of benzene rings is 2. The summed E-state index contributed by atoms with van der Waals surface area (Å²) in [5.74, 6) is 1.79. The fraction of sp³-hybridized carbons (Fsp3) is 0.211. The molecule has 27 heavy (non-hydrogen) atoms. The van der Waals surface area contributed by atoms with Crippen LogP contribution < -0.4 is 14.8 Å². The smallest absolute Gasteiger partial charge is 0.258 e. The molecule has 1 amide bonds. The summed E-state index contributed by atoms with van der Waals surface area (Å²) in [6, 6.07) is 12.5. The summed E-state index contributed by atoms with van der Waals surface area (Å²) >= 11 is 5.89. The van der Waals surface area contributed by atoms with E-state index in [9.17, 15) is 4.79 Å². The van der Waals surface area contributed by atoms with Gasteiger partial charge in [0.25, 0.3) is 5.91 Å². The second kappa shape index (κ2) is 8.55. The van der Waals surface area contributed by atoms with Crippen molar-refractivity contribution in [2.75, 3.05) is 13.7 Å². The molecule has 2 aromatic carbocycles. The van der Waals surface area contributed by atoms with Gasteiger partial charge in [-0.2, -0.15) is 4.98 Å². The first-order valence-corrected chi connectivity index (χ1v) is 8.55. The number of nitrogens with one attached hydrogen (secondary N) is 1. The van der Waals surface area contributed by atoms with E-state index in [1.807, 2.05) is 31.2 Å². The Hall–Kier alpha value is -3.06. The van der Waals surface area contributed by atoms with Gasteiger partial charge >= 0.3 is 0 Å². The Morgan fingerprint density at radius 1 is 1.22 bits per heavy atom. The monoisotopic (exact) mass is 387 g/mol. The zero-order valence-corrected chi connectivity index (χ0v) is 15.6. The summed E-state index contributed by atoms with van der Waals surface area (Å²) in [4.78, 5) is 16.2. The largest absolute Gasteiger partial charge is 0.497 e. The van der Waals surface area contributed by atoms with Gasteiger partial charge < -0.3 is 19.3 Å². The highest BCUT2D eigenvalue weighted by molar-refractivity contribution is 6.30. The summed E-state index contributed by atoms with van der Waals surface area (Å²) in [5, 5.41) is 7.21. The second-order valence-electron chi connectivity index (χ2n) is 5.72. The van der Waals surface area contributed by atoms with Gasteiger partial charge in [-0.3, -0.25) is 4.79 Å². The van der Waals surface area contributed by atoms with E-state index in [1.54, 1.807) is 25.3 Å². The molecule has 8 heteroatoms. The van der Waals surface area contributed by atoms with Crippen molar-refractivity contribution in [1.29, 1.82) is 0 Å². The first-order valence-electron chi connectivity index (χ1n) is 8.18. The van der Waals surface area contributed by atoms with Crippen molar-refractivity contribution in [1.82, 2.24) is 15.5 Å². The number of nitrogens with zero attached hydrogens (tertiary/aromatic N) is 2. The molecule has 0 spiro atoms. The molecule has 0 aliphatic rings. The molecule has 0 radical (unpaired) electrons. The van der Waals surface area contributed by atoms with Crippen LogP contribution >= 0.6 is 11.6 Å². The predicted molar refractivity (Wildman–Crippen MR) is 99.8 cm³/mol. The van der Waals surface area contributed by atoms with Gasteiger partial charge in [0.1, 0.15) is 11.5 Å². The van der Waals surface area contributed by atoms with E-state index >= 15 is 0 Å². The lowest BCUT2D eigenvalue weighted by molar-refractivity contribution is -0.123. The molecule has 7 nitrogen and oxygen atoms in total. The van der Waals surface area contributed by atoms with Crippen LogP contribution in [-0.2, 0) is 11.3 Å². The summed E-state index contributed by atoms with van der Waals surface area (Å²) in [6.07, 6.45) is 0. The van der Waals surface area contributed by atoms with Crippen LogP contribution in [0, 0.1) is 6.92 Å². The van der Waals surface area contributed by atoms with Crippen molar-refractivity contribution >= 4 is 17.5 Å². The highest BCUT2D eigenvalue weighted by Crippen LogP contribution is 2.22. The minimum atomic E-state index is -0.298. The third kappa shape index (κ3) is 4.98. The fourth-order valence-electron chi connectivity index (χ4n) is 2.33. The average molecular weight is 388 g/mol. The quantitative estimate of drug-likeness (QED) is 0.668. The van der Waals surface area contributed by atoms with Gasteiger partial charge in [0, 0.05) is 10.6 Å². The zero-order chi connectivity index (χ0) is 19.2. The molecule has 0 saturated carbocycles. The van der Waals surface area contributed by atoms with Gasteiger partial charge in [0.15, 0.2) is 6.61 Å². The summed E-state index contributed by atoms with van der Waals surface area (Å²) in [7, 11) is 1.60. The Morgan fingerprint density at radius 3 is 2.70 bits per heavy atom. The van der Waals surface area contributed by atoms with E-state index in [1.165, 1.54) is 0 Å². The number of carbonyl (C=O) groups excluding carboxylic acids is 1. The molecule has 3 rings (SSSR count). The molecular formula is C19H18ClN3O4. The number of hydrogen-bond donors (Lipinski definition) is 1. The molecule has 1 aromatic heterocycles. The fourth-order valence-corrected chi connectivity index (χ4v) is 2.55. The van der Waals surface area contributed by atoms with Gasteiger partial charge in [0.2, 0.25) is 11.7 Å². The van der Waals surface area contributed by atoms with E-state index < -0.39 is 0 Å². The number of rotatable bonds is 7. The Labute approximate surface area is 161 Å². The standard InChI is InChI=1S/C19H18ClN3O4/c1-12-9-14(20)5-8-16(12)26-11-17(24)21-10-18-22-19(23-27-18)13-3-6-15(25-2)7-4-13/h3-9H,10-11H2,1-2H3,(H,21,24). The molecule has 140 valence electrons. The van der Waals surface area contributed by atoms with E-state index in [0.29, 0.717) is 22.5 Å². The number of hydrogen-bond acceptors (Lipinski definition) is 6. The van der Waals surface area contributed by atoms with Crippen molar-refractivity contribution in [2.24, 2.45) is 0 Å². The highest BCUT2D eigenvalue weighted by Gasteiger charge is 2.11. The predicted octanol–water partition coefficient (Wildman–Crippen LogP) is 3.40. The van der Waals surface area contributed by atoms with Crippen LogP contribution in [0.5, 0.6) is 11.5 Å². The number of aromatic nitrogens is 2. The van der Waals surface area contributed by atoms with Crippen LogP contribution in [0.1, 0.15) is 11.5 Å². The molecule has 0 atom stereocenters. The molecule has 0 bridgehead atoms. The number of halogens is 1. The number of aryl methyl sites for hydroxylation is 1. The molecule has 3 aromatic rings. The van der Waals surface area contributed by atoms with Crippen LogP contribution in [0.25, 0.3) is 11.4 Å². The van der Waals surface area contributed by atoms with Crippen LogP contribution in [0.15, 0.2) is 47.0 Å². The van der Waals surface area contributed by atoms with Crippen LogP contribution in [0.2, 0.25) is 5.02 Å². The Kier molecular flexibility index (Phi) is 5.93. The molecule has 0 aliphatic carbocycles. The molecular weight excluding hydrogens is 370 g/mol. The summed E-state index contributed by atoms with van der Waals surface area (Å²) in [6.45, 7) is 1.85. The normalized spacial score (nSPS) is 10.5. The van der Waals surface area contributed by atoms with Crippen molar-refractivity contribution in [3.05, 3.63) is 58.9 Å². The van der Waals surface area contributed by atoms with Gasteiger partial charge in [0.05, 0.1) is 13.7 Å². The lowest BCUT2D eigenvalue weighted by atomic mass is 10.2. The van der Waals surface area contributed by atoms with Crippen LogP contribution in [0.3, 0.4) is 0 Å². The Morgan fingerprint density at radius 2 is 2.00 bits per heavy atom. The number of amides is 1. The first-order chi connectivity index (χ1) is 13.0. The minimum absolute atomic E-state index is 0.116. The van der Waals surface area contributed by atoms with Gasteiger partial charge in [-0.15, -0.1) is 0 Å². The minimum Gasteiger partial charge on any atom is -0.497 e. The van der Waals surface area contributed by atoms with Gasteiger partial charge in [-0.25, -0.2) is 0 Å². The van der Waals surface area contributed by atoms with E-state index in [4.69, 9.17) is 25.6 Å². The average Bonchev–Trinajstić information content (AvgIpc) is 3.15. The third-order valence-electron chi connectivity index (χ3n) is 3.75. The number of methoxy groups -OCH3 is 1. The molecule has 1 N–H and O–H groups in total. The van der Waals surface area contributed by atoms with Gasteiger partial charge in [-0.05, 0) is 55.0 Å². The SMILES string of the molecule is COc1ccc(-c2noc(CNC(=O)COc3ccc(Cl)cc3C)n2)cc1.